The van der Waals surface area contributed by atoms with Gasteiger partial charge in [-0.15, -0.1) is 0 Å². The van der Waals surface area contributed by atoms with Gasteiger partial charge in [0, 0.05) is 44.0 Å². The van der Waals surface area contributed by atoms with Crippen LogP contribution in [-0.4, -0.2) is 69.3 Å². The lowest BCUT2D eigenvalue weighted by molar-refractivity contribution is 0.0228. The van der Waals surface area contributed by atoms with Crippen molar-refractivity contribution in [1.82, 2.24) is 9.80 Å². The number of amides is 1. The number of carbonyl (C=O) groups excluding carboxylic acids is 1. The maximum Gasteiger partial charge on any atom is 0.254 e. The van der Waals surface area contributed by atoms with Gasteiger partial charge in [0.05, 0.1) is 19.0 Å². The zero-order valence-electron chi connectivity index (χ0n) is 17.7. The minimum atomic E-state index is -3.17. The van der Waals surface area contributed by atoms with Crippen LogP contribution in [0.2, 0.25) is 0 Å². The lowest BCUT2D eigenvalue weighted by atomic mass is 10.1. The Morgan fingerprint density at radius 1 is 1.07 bits per heavy atom. The molecule has 162 valence electrons. The Hall–Kier alpha value is -2.22. The zero-order valence-corrected chi connectivity index (χ0v) is 18.5. The van der Waals surface area contributed by atoms with Gasteiger partial charge in [-0.2, -0.15) is 0 Å². The van der Waals surface area contributed by atoms with Crippen LogP contribution in [-0.2, 0) is 26.9 Å². The van der Waals surface area contributed by atoms with Crippen molar-refractivity contribution in [2.24, 2.45) is 0 Å². The highest BCUT2D eigenvalue weighted by molar-refractivity contribution is 7.89. The summed E-state index contributed by atoms with van der Waals surface area (Å²) >= 11 is 0. The molecule has 1 aliphatic heterocycles. The van der Waals surface area contributed by atoms with E-state index in [9.17, 15) is 13.2 Å². The van der Waals surface area contributed by atoms with E-state index < -0.39 is 9.84 Å². The molecule has 0 spiro atoms. The molecule has 2 aromatic rings. The average Bonchev–Trinajstić information content (AvgIpc) is 2.72. The van der Waals surface area contributed by atoms with Crippen LogP contribution in [0, 0.1) is 0 Å². The number of rotatable bonds is 8. The van der Waals surface area contributed by atoms with Crippen LogP contribution < -0.4 is 0 Å². The predicted octanol–water partition coefficient (Wildman–Crippen LogP) is 2.59. The van der Waals surface area contributed by atoms with Crippen LogP contribution in [0.4, 0.5) is 0 Å². The monoisotopic (exact) mass is 430 g/mol. The topological polar surface area (TPSA) is 66.9 Å². The Morgan fingerprint density at radius 2 is 1.73 bits per heavy atom. The second-order valence-corrected chi connectivity index (χ2v) is 10.1. The highest BCUT2D eigenvalue weighted by Gasteiger charge is 2.25. The summed E-state index contributed by atoms with van der Waals surface area (Å²) in [6.45, 7) is 6.49. The number of hydrogen-bond donors (Lipinski definition) is 0. The fourth-order valence-electron chi connectivity index (χ4n) is 3.73. The summed E-state index contributed by atoms with van der Waals surface area (Å²) in [6, 6.07) is 16.9. The Balaban J connectivity index is 1.83. The summed E-state index contributed by atoms with van der Waals surface area (Å²) in [5.41, 5.74) is 2.21. The van der Waals surface area contributed by atoms with Crippen molar-refractivity contribution >= 4 is 15.7 Å². The molecule has 0 bridgehead atoms. The molecule has 0 saturated carbocycles. The van der Waals surface area contributed by atoms with Gasteiger partial charge >= 0.3 is 0 Å². The summed E-state index contributed by atoms with van der Waals surface area (Å²) in [6.07, 6.45) is 1.20. The summed E-state index contributed by atoms with van der Waals surface area (Å²) in [7, 11) is -3.17. The molecular formula is C23H30N2O4S. The molecule has 1 fully saturated rings. The summed E-state index contributed by atoms with van der Waals surface area (Å²) in [5, 5.41) is 0. The predicted molar refractivity (Wildman–Crippen MR) is 118 cm³/mol. The van der Waals surface area contributed by atoms with Crippen LogP contribution in [0.1, 0.15) is 28.4 Å². The molecule has 1 saturated heterocycles. The molecule has 0 aromatic heterocycles. The van der Waals surface area contributed by atoms with Crippen LogP contribution in [0.3, 0.4) is 0 Å². The quantitative estimate of drug-likeness (QED) is 0.644. The van der Waals surface area contributed by atoms with Gasteiger partial charge in [-0.1, -0.05) is 42.5 Å². The number of sulfone groups is 1. The van der Waals surface area contributed by atoms with Gasteiger partial charge in [0.1, 0.15) is 0 Å². The van der Waals surface area contributed by atoms with Crippen molar-refractivity contribution in [3.63, 3.8) is 0 Å². The zero-order chi connectivity index (χ0) is 21.6. The molecule has 0 radical (unpaired) electrons. The normalized spacial score (nSPS) is 16.2. The van der Waals surface area contributed by atoms with Gasteiger partial charge in [-0.25, -0.2) is 8.42 Å². The van der Waals surface area contributed by atoms with Crippen LogP contribution in [0.5, 0.6) is 0 Å². The maximum atomic E-state index is 13.5. The van der Waals surface area contributed by atoms with Gasteiger partial charge in [0.2, 0.25) is 0 Å². The number of hydrogen-bond acceptors (Lipinski definition) is 5. The van der Waals surface area contributed by atoms with Gasteiger partial charge in [0.25, 0.3) is 5.91 Å². The lowest BCUT2D eigenvalue weighted by Crippen LogP contribution is -2.48. The molecule has 7 heteroatoms. The van der Waals surface area contributed by atoms with Crippen molar-refractivity contribution in [3.8, 4) is 0 Å². The largest absolute Gasteiger partial charge is 0.379 e. The average molecular weight is 431 g/mol. The minimum absolute atomic E-state index is 0.00521. The Labute approximate surface area is 179 Å². The first-order valence-electron chi connectivity index (χ1n) is 10.2. The fraction of sp³-hybridized carbons (Fsp3) is 0.435. The molecule has 2 aromatic carbocycles. The van der Waals surface area contributed by atoms with E-state index >= 15 is 0 Å². The first kappa shape index (κ1) is 22.5. The summed E-state index contributed by atoms with van der Waals surface area (Å²) < 4.78 is 28.8. The van der Waals surface area contributed by atoms with Crippen LogP contribution >= 0.6 is 0 Å². The fourth-order valence-corrected chi connectivity index (χ4v) is 4.51. The Kier molecular flexibility index (Phi) is 7.64. The Bertz CT molecular complexity index is 941. The third-order valence-corrected chi connectivity index (χ3v) is 6.08. The lowest BCUT2D eigenvalue weighted by Gasteiger charge is -2.35. The molecule has 1 aliphatic rings. The third-order valence-electron chi connectivity index (χ3n) is 5.22. The maximum absolute atomic E-state index is 13.5. The van der Waals surface area contributed by atoms with E-state index in [1.807, 2.05) is 35.2 Å². The van der Waals surface area contributed by atoms with Crippen molar-refractivity contribution in [2.45, 2.75) is 25.3 Å². The standard InChI is InChI=1S/C23H30N2O4S/c1-19(16-24-11-13-29-14-12-24)25(17-20-7-4-3-5-8-20)23(26)22-10-6-9-21(15-22)18-30(2,27)28/h3-10,15,19H,11-14,16-18H2,1-2H3. The molecule has 30 heavy (non-hydrogen) atoms. The van der Waals surface area contributed by atoms with Gasteiger partial charge in [-0.3, -0.25) is 9.69 Å². The summed E-state index contributed by atoms with van der Waals surface area (Å²) in [4.78, 5) is 17.7. The molecule has 1 atom stereocenters. The van der Waals surface area contributed by atoms with E-state index in [4.69, 9.17) is 4.74 Å². The van der Waals surface area contributed by atoms with Gasteiger partial charge in [-0.05, 0) is 30.2 Å². The highest BCUT2D eigenvalue weighted by atomic mass is 32.2. The summed E-state index contributed by atoms with van der Waals surface area (Å²) in [5.74, 6) is -0.161. The second kappa shape index (κ2) is 10.2. The molecule has 1 amide bonds. The van der Waals surface area contributed by atoms with Gasteiger partial charge in [0.15, 0.2) is 9.84 Å². The van der Waals surface area contributed by atoms with Crippen LogP contribution in [0.25, 0.3) is 0 Å². The Morgan fingerprint density at radius 3 is 2.40 bits per heavy atom. The van der Waals surface area contributed by atoms with E-state index in [1.165, 1.54) is 6.26 Å². The first-order valence-corrected chi connectivity index (χ1v) is 12.3. The third kappa shape index (κ3) is 6.65. The minimum Gasteiger partial charge on any atom is -0.379 e. The van der Waals surface area contributed by atoms with E-state index in [2.05, 4.69) is 11.8 Å². The first-order chi connectivity index (χ1) is 14.3. The smallest absolute Gasteiger partial charge is 0.254 e. The number of ether oxygens (including phenoxy) is 1. The van der Waals surface area contributed by atoms with Crippen molar-refractivity contribution < 1.29 is 17.9 Å². The van der Waals surface area contributed by atoms with E-state index in [1.54, 1.807) is 24.3 Å². The molecular weight excluding hydrogens is 400 g/mol. The SMILES string of the molecule is CC(CN1CCOCC1)N(Cc1ccccc1)C(=O)c1cccc(CS(C)(=O)=O)c1. The molecule has 1 unspecified atom stereocenters. The molecule has 6 nitrogen and oxygen atoms in total. The molecule has 0 aliphatic carbocycles. The molecule has 0 N–H and O–H groups in total. The van der Waals surface area contributed by atoms with E-state index in [0.717, 1.165) is 25.2 Å². The second-order valence-electron chi connectivity index (χ2n) is 7.95. The number of nitrogens with zero attached hydrogens (tertiary/aromatic N) is 2. The number of morpholine rings is 1. The van der Waals surface area contributed by atoms with E-state index in [-0.39, 0.29) is 17.7 Å². The van der Waals surface area contributed by atoms with Crippen molar-refractivity contribution in [3.05, 3.63) is 71.3 Å². The highest BCUT2D eigenvalue weighted by Crippen LogP contribution is 2.17. The van der Waals surface area contributed by atoms with Crippen molar-refractivity contribution in [2.75, 3.05) is 39.1 Å². The molecule has 3 rings (SSSR count). The van der Waals surface area contributed by atoms with Gasteiger partial charge < -0.3 is 9.64 Å². The molecule has 1 heterocycles. The number of benzene rings is 2. The van der Waals surface area contributed by atoms with E-state index in [0.29, 0.717) is 30.9 Å². The number of carbonyl (C=O) groups is 1. The van der Waals surface area contributed by atoms with Crippen LogP contribution in [0.15, 0.2) is 54.6 Å². The van der Waals surface area contributed by atoms with Crippen molar-refractivity contribution in [1.29, 1.82) is 0 Å².